The van der Waals surface area contributed by atoms with Crippen LogP contribution < -0.4 is 0 Å². The number of fused-ring (bicyclic) bond motifs is 9. The molecular weight excluding hydrogens is 749 g/mol. The summed E-state index contributed by atoms with van der Waals surface area (Å²) in [5, 5.41) is 8.51. The number of hydrogen-bond donors (Lipinski definition) is 0. The molecule has 4 heterocycles. The van der Waals surface area contributed by atoms with Gasteiger partial charge in [0.1, 0.15) is 11.2 Å². The predicted octanol–water partition coefficient (Wildman–Crippen LogP) is 14.1. The fourth-order valence-corrected chi connectivity index (χ4v) is 8.65. The number of nitrogens with zero attached hydrogens (tertiary/aromatic N) is 6. The molecule has 0 amide bonds. The summed E-state index contributed by atoms with van der Waals surface area (Å²) in [7, 11) is 0. The van der Waals surface area contributed by atoms with E-state index in [1.807, 2.05) is 103 Å². The van der Waals surface area contributed by atoms with Crippen LogP contribution in [-0.2, 0) is 0 Å². The molecule has 0 radical (unpaired) electrons. The molecule has 61 heavy (non-hydrogen) atoms. The minimum absolute atomic E-state index is 0.559. The van der Waals surface area contributed by atoms with Crippen molar-refractivity contribution in [1.82, 2.24) is 24.9 Å². The summed E-state index contributed by atoms with van der Waals surface area (Å²) < 4.78 is 6.26. The summed E-state index contributed by atoms with van der Waals surface area (Å²) in [6.45, 7) is 7.46. The third kappa shape index (κ3) is 5.77. The van der Waals surface area contributed by atoms with Gasteiger partial charge in [0.2, 0.25) is 0 Å². The van der Waals surface area contributed by atoms with Gasteiger partial charge in [0.05, 0.1) is 17.6 Å². The molecule has 0 saturated heterocycles. The van der Waals surface area contributed by atoms with E-state index in [9.17, 15) is 0 Å². The number of benzene rings is 8. The van der Waals surface area contributed by atoms with Crippen molar-refractivity contribution in [3.05, 3.63) is 194 Å². The van der Waals surface area contributed by atoms with Crippen LogP contribution in [0, 0.1) is 6.57 Å². The zero-order valence-corrected chi connectivity index (χ0v) is 32.4. The van der Waals surface area contributed by atoms with Crippen LogP contribution in [0.1, 0.15) is 0 Å². The van der Waals surface area contributed by atoms with Gasteiger partial charge in [-0.3, -0.25) is 9.97 Å². The first-order valence-corrected chi connectivity index (χ1v) is 20.0. The molecule has 12 aromatic rings. The standard InChI is InChI=1S/C54H30N6O/c1-55-39-22-20-33-26-36(19-18-34(33)28-39)45-31-47-42-15-8-24-56-50(42)44(30-46(47)43-16-9-25-57-51(43)45)35-12-7-13-37(27-35)53-58-52(32-10-3-2-4-11-32)59-54(60-53)38-21-23-41-40-14-5-6-17-48(40)61-49(41)29-38/h2-31H. The Balaban J connectivity index is 1.02. The van der Waals surface area contributed by atoms with Gasteiger partial charge in [-0.05, 0) is 93.3 Å². The molecule has 8 aromatic carbocycles. The number of hydrogen-bond acceptors (Lipinski definition) is 6. The molecule has 0 saturated carbocycles. The van der Waals surface area contributed by atoms with Crippen molar-refractivity contribution in [2.24, 2.45) is 0 Å². The average Bonchev–Trinajstić information content (AvgIpc) is 3.71. The van der Waals surface area contributed by atoms with E-state index in [-0.39, 0.29) is 0 Å². The molecule has 0 aliphatic carbocycles. The van der Waals surface area contributed by atoms with Gasteiger partial charge < -0.3 is 4.42 Å². The molecule has 0 bridgehead atoms. The number of aromatic nitrogens is 5. The molecular formula is C54H30N6O. The van der Waals surface area contributed by atoms with Gasteiger partial charge in [-0.15, -0.1) is 0 Å². The molecule has 12 rings (SSSR count). The van der Waals surface area contributed by atoms with Crippen LogP contribution in [0.4, 0.5) is 5.69 Å². The highest BCUT2D eigenvalue weighted by atomic mass is 16.3. The minimum Gasteiger partial charge on any atom is -0.456 e. The molecule has 7 heteroatoms. The van der Waals surface area contributed by atoms with Crippen LogP contribution in [0.2, 0.25) is 0 Å². The van der Waals surface area contributed by atoms with Crippen LogP contribution in [0.3, 0.4) is 0 Å². The van der Waals surface area contributed by atoms with Gasteiger partial charge in [-0.25, -0.2) is 19.8 Å². The Kier molecular flexibility index (Phi) is 7.77. The van der Waals surface area contributed by atoms with Crippen molar-refractivity contribution in [3.8, 4) is 56.4 Å². The van der Waals surface area contributed by atoms with E-state index in [1.54, 1.807) is 0 Å². The second kappa shape index (κ2) is 13.8. The SMILES string of the molecule is [C-]#[N+]c1ccc2cc(-c3cc4c5cccnc5c(-c5cccc(-c6nc(-c7ccccc7)nc(-c7ccc8c(c7)oc7ccccc78)n6)c5)cc4c4cccnc34)ccc2c1. The summed E-state index contributed by atoms with van der Waals surface area (Å²) in [6.07, 6.45) is 3.71. The highest BCUT2D eigenvalue weighted by Gasteiger charge is 2.19. The van der Waals surface area contributed by atoms with Crippen LogP contribution >= 0.6 is 0 Å². The third-order valence-corrected chi connectivity index (χ3v) is 11.6. The topological polar surface area (TPSA) is 82.0 Å². The lowest BCUT2D eigenvalue weighted by molar-refractivity contribution is 0.669. The average molecular weight is 779 g/mol. The van der Waals surface area contributed by atoms with E-state index < -0.39 is 0 Å². The van der Waals surface area contributed by atoms with E-state index >= 15 is 0 Å². The van der Waals surface area contributed by atoms with Crippen molar-refractivity contribution in [2.45, 2.75) is 0 Å². The van der Waals surface area contributed by atoms with Crippen LogP contribution in [-0.4, -0.2) is 24.9 Å². The van der Waals surface area contributed by atoms with Gasteiger partial charge in [0.25, 0.3) is 0 Å². The number of para-hydroxylation sites is 1. The first-order chi connectivity index (χ1) is 30.1. The molecule has 0 aliphatic rings. The molecule has 0 unspecified atom stereocenters. The zero-order valence-electron chi connectivity index (χ0n) is 32.4. The maximum atomic E-state index is 7.46. The highest BCUT2D eigenvalue weighted by Crippen LogP contribution is 2.42. The predicted molar refractivity (Wildman–Crippen MR) is 246 cm³/mol. The van der Waals surface area contributed by atoms with E-state index in [2.05, 4.69) is 83.7 Å². The lowest BCUT2D eigenvalue weighted by atomic mass is 9.90. The Bertz CT molecular complexity index is 3790. The fourth-order valence-electron chi connectivity index (χ4n) is 8.65. The zero-order chi connectivity index (χ0) is 40.4. The van der Waals surface area contributed by atoms with Crippen molar-refractivity contribution < 1.29 is 4.42 Å². The molecule has 0 N–H and O–H groups in total. The van der Waals surface area contributed by atoms with E-state index in [1.165, 1.54) is 0 Å². The summed E-state index contributed by atoms with van der Waals surface area (Å²) in [4.78, 5) is 28.8. The summed E-state index contributed by atoms with van der Waals surface area (Å²) in [5.74, 6) is 1.71. The first kappa shape index (κ1) is 34.4. The second-order valence-corrected chi connectivity index (χ2v) is 15.2. The summed E-state index contributed by atoms with van der Waals surface area (Å²) in [6, 6.07) is 57.7. The largest absolute Gasteiger partial charge is 0.456 e. The van der Waals surface area contributed by atoms with Crippen molar-refractivity contribution in [1.29, 1.82) is 0 Å². The Morgan fingerprint density at radius 3 is 1.67 bits per heavy atom. The Labute approximate surface area is 349 Å². The van der Waals surface area contributed by atoms with Crippen LogP contribution in [0.25, 0.3) is 127 Å². The molecule has 0 aliphatic heterocycles. The lowest BCUT2D eigenvalue weighted by Crippen LogP contribution is -2.00. The molecule has 4 aromatic heterocycles. The molecule has 0 fully saturated rings. The first-order valence-electron chi connectivity index (χ1n) is 20.0. The van der Waals surface area contributed by atoms with E-state index in [0.29, 0.717) is 23.2 Å². The number of furan rings is 1. The Morgan fingerprint density at radius 2 is 0.934 bits per heavy atom. The molecule has 7 nitrogen and oxygen atoms in total. The van der Waals surface area contributed by atoms with Gasteiger partial charge >= 0.3 is 0 Å². The van der Waals surface area contributed by atoms with Gasteiger partial charge in [0, 0.05) is 61.8 Å². The quantitative estimate of drug-likeness (QED) is 0.128. The maximum absolute atomic E-state index is 7.46. The molecule has 282 valence electrons. The monoisotopic (exact) mass is 778 g/mol. The number of rotatable bonds is 5. The molecule has 0 spiro atoms. The van der Waals surface area contributed by atoms with Crippen molar-refractivity contribution in [2.75, 3.05) is 0 Å². The van der Waals surface area contributed by atoms with Gasteiger partial charge in [0.15, 0.2) is 23.2 Å². The van der Waals surface area contributed by atoms with Crippen LogP contribution in [0.15, 0.2) is 187 Å². The lowest BCUT2D eigenvalue weighted by Gasteiger charge is -2.15. The van der Waals surface area contributed by atoms with Crippen LogP contribution in [0.5, 0.6) is 0 Å². The number of pyridine rings is 2. The van der Waals surface area contributed by atoms with Gasteiger partial charge in [-0.1, -0.05) is 109 Å². The van der Waals surface area contributed by atoms with Crippen molar-refractivity contribution >= 4 is 71.0 Å². The Hall–Kier alpha value is -8.60. The van der Waals surface area contributed by atoms with Crippen molar-refractivity contribution in [3.63, 3.8) is 0 Å². The summed E-state index contributed by atoms with van der Waals surface area (Å²) >= 11 is 0. The second-order valence-electron chi connectivity index (χ2n) is 15.2. The normalized spacial score (nSPS) is 11.6. The summed E-state index contributed by atoms with van der Waals surface area (Å²) in [5.41, 5.74) is 10.8. The van der Waals surface area contributed by atoms with Gasteiger partial charge in [-0.2, -0.15) is 0 Å². The third-order valence-electron chi connectivity index (χ3n) is 11.6. The highest BCUT2D eigenvalue weighted by molar-refractivity contribution is 6.22. The minimum atomic E-state index is 0.559. The van der Waals surface area contributed by atoms with E-state index in [4.69, 9.17) is 35.9 Å². The Morgan fingerprint density at radius 1 is 0.377 bits per heavy atom. The van der Waals surface area contributed by atoms with E-state index in [0.717, 1.165) is 104 Å². The maximum Gasteiger partial charge on any atom is 0.187 e. The fraction of sp³-hybridized carbons (Fsp3) is 0. The smallest absolute Gasteiger partial charge is 0.187 e. The molecule has 0 atom stereocenters.